The molecule has 5 aliphatic heterocycles. The molecule has 5 fully saturated rings. The number of hydrogen-bond acceptors (Lipinski definition) is 23. The van der Waals surface area contributed by atoms with Crippen molar-refractivity contribution in [3.8, 4) is 0 Å². The summed E-state index contributed by atoms with van der Waals surface area (Å²) in [7, 11) is 23.1. The molecule has 0 aromatic heterocycles. The Morgan fingerprint density at radius 3 is 1.69 bits per heavy atom. The lowest BCUT2D eigenvalue weighted by molar-refractivity contribution is -0.206. The van der Waals surface area contributed by atoms with Crippen LogP contribution in [-0.2, 0) is 88.5 Å². The summed E-state index contributed by atoms with van der Waals surface area (Å²) in [6.07, 6.45) is -2.83. The number of methoxy groups -OCH3 is 5. The first kappa shape index (κ1) is 73.7. The van der Waals surface area contributed by atoms with Gasteiger partial charge in [0.1, 0.15) is 91.0 Å². The molecule has 430 valence electrons. The van der Waals surface area contributed by atoms with Gasteiger partial charge in [0.25, 0.3) is 0 Å². The summed E-state index contributed by atoms with van der Waals surface area (Å²) in [5.74, 6) is 0. The Labute approximate surface area is 451 Å². The average Bonchev–Trinajstić information content (AvgIpc) is 3.99. The van der Waals surface area contributed by atoms with E-state index in [9.17, 15) is 37.5 Å². The smallest absolute Gasteiger partial charge is 0.213 e. The number of nitrogens with one attached hydrogen (secondary N) is 1. The number of rotatable bonds is 22. The average molecular weight is 1160 g/mol. The molecular weight excluding hydrogens is 1090 g/mol. The summed E-state index contributed by atoms with van der Waals surface area (Å²) < 4.78 is 133. The van der Waals surface area contributed by atoms with Crippen LogP contribution in [0.2, 0.25) is 0 Å². The van der Waals surface area contributed by atoms with E-state index in [2.05, 4.69) is 5.09 Å². The van der Waals surface area contributed by atoms with Gasteiger partial charge in [-0.1, -0.05) is 0 Å². The zero-order valence-corrected chi connectivity index (χ0v) is 48.9. The van der Waals surface area contributed by atoms with E-state index in [0.29, 0.717) is 45.6 Å². The second kappa shape index (κ2) is 35.0. The Morgan fingerprint density at radius 2 is 1.20 bits per heavy atom. The van der Waals surface area contributed by atoms with Crippen LogP contribution in [0.3, 0.4) is 0 Å². The minimum atomic E-state index is -3.95. The van der Waals surface area contributed by atoms with Crippen molar-refractivity contribution < 1.29 is 108 Å². The van der Waals surface area contributed by atoms with Gasteiger partial charge < -0.3 is 104 Å². The molecule has 5 saturated heterocycles. The quantitative estimate of drug-likeness (QED) is 0.0609. The number of nitrogens with zero attached hydrogens (tertiary/aromatic N) is 2. The fourth-order valence-electron chi connectivity index (χ4n) is 7.35. The molecule has 11 unspecified atom stereocenters. The van der Waals surface area contributed by atoms with E-state index in [0.717, 1.165) is 20.0 Å². The second-order valence-corrected chi connectivity index (χ2v) is 27.2. The molecule has 0 aromatic carbocycles. The standard InChI is InChI=1S/C10H20BO7P.C8H18BN2O3P.C7H16B2O4P.C7H15BNO4P.C6H12BO5P/c1-15-6-7-8(18-19(2,13)14)9(10(11)17-7)16-5-3-4-12;1-10(2)15(4,12)11-5-7(9)14-8(6-11)13-3;1-11-4-6-5(3-7(8)12-6)13-14(2,9)10;1-12-4-6-5(3-7(8)13-6)9-14(2,10)11;1-10-4-3-11-6(7)5(4)12-13(2,8)9/h7-10,12H,3-6H2,1-2H3,(H,13,14);7-8H,5-6H2,1-4H3;5-7H,3-4H2,1-2,9H3;5-7H,3-4H2,1-2H3,(H2,9,10,11);4-6H,3H2,1-2H3,(H,8,9)/q;;-1;;/p-3/t7-,8?,9+,10-;;5?,6-,7-,14?;5?,6-,7-;4?,5-,6+/m1.110/s1. The van der Waals surface area contributed by atoms with Crippen molar-refractivity contribution in [2.75, 3.05) is 136 Å². The molecule has 0 saturated carbocycles. The summed E-state index contributed by atoms with van der Waals surface area (Å²) in [5.41, 5.74) is 0. The van der Waals surface area contributed by atoms with Crippen molar-refractivity contribution in [1.82, 2.24) is 14.4 Å². The number of ether oxygens (including phenoxy) is 11. The first-order chi connectivity index (χ1) is 34.5. The summed E-state index contributed by atoms with van der Waals surface area (Å²) >= 11 is 0. The Bertz CT molecular complexity index is 1800. The Balaban J connectivity index is 0.000000472. The molecule has 75 heavy (non-hydrogen) atoms. The molecule has 2 N–H and O–H groups in total. The van der Waals surface area contributed by atoms with Crippen LogP contribution in [0.4, 0.5) is 0 Å². The number of aliphatic hydroxyl groups is 1. The van der Waals surface area contributed by atoms with Crippen LogP contribution >= 0.6 is 37.4 Å². The molecule has 20 atom stereocenters. The van der Waals surface area contributed by atoms with Gasteiger partial charge in [-0.3, -0.25) is 9.65 Å². The monoisotopic (exact) mass is 1170 g/mol. The molecule has 5 heterocycles. The van der Waals surface area contributed by atoms with Gasteiger partial charge >= 0.3 is 0 Å². The third kappa shape index (κ3) is 29.5. The highest BCUT2D eigenvalue weighted by atomic mass is 31.2. The van der Waals surface area contributed by atoms with Crippen LogP contribution < -0.4 is 19.8 Å². The normalized spacial score (nSPS) is 35.8. The fraction of sp³-hybridized carbons (Fsp3) is 1.00. The minimum absolute atomic E-state index is 0.0241. The van der Waals surface area contributed by atoms with Gasteiger partial charge in [0.05, 0.1) is 60.3 Å². The molecule has 5 rings (SSSR count). The summed E-state index contributed by atoms with van der Waals surface area (Å²) in [4.78, 5) is 33.1. The van der Waals surface area contributed by atoms with Crippen LogP contribution in [0.5, 0.6) is 0 Å². The van der Waals surface area contributed by atoms with Crippen LogP contribution in [0, 0.1) is 0 Å². The van der Waals surface area contributed by atoms with Crippen molar-refractivity contribution in [2.45, 2.75) is 110 Å². The van der Waals surface area contributed by atoms with Gasteiger partial charge in [0.2, 0.25) is 7.44 Å². The van der Waals surface area contributed by atoms with E-state index < -0.39 is 98.2 Å². The van der Waals surface area contributed by atoms with Gasteiger partial charge in [0, 0.05) is 119 Å². The zero-order valence-electron chi connectivity index (χ0n) is 44.4. The highest BCUT2D eigenvalue weighted by molar-refractivity contribution is 7.82. The Kier molecular flexibility index (Phi) is 34.4. The lowest BCUT2D eigenvalue weighted by atomic mass is 9.93. The van der Waals surface area contributed by atoms with E-state index in [1.165, 1.54) is 21.3 Å². The predicted octanol–water partition coefficient (Wildman–Crippen LogP) is -3.33. The highest BCUT2D eigenvalue weighted by Crippen LogP contribution is 2.48. The van der Waals surface area contributed by atoms with Gasteiger partial charge in [-0.15, -0.1) is 0 Å². The van der Waals surface area contributed by atoms with Gasteiger partial charge in [0.15, 0.2) is 6.29 Å². The number of aliphatic hydroxyl groups excluding tert-OH is 1. The highest BCUT2D eigenvalue weighted by Gasteiger charge is 2.45. The minimum Gasteiger partial charge on any atom is -0.788 e. The van der Waals surface area contributed by atoms with Crippen LogP contribution in [0.25, 0.3) is 0 Å². The second-order valence-electron chi connectivity index (χ2n) is 17.6. The van der Waals surface area contributed by atoms with E-state index in [4.69, 9.17) is 110 Å². The van der Waals surface area contributed by atoms with Crippen molar-refractivity contribution in [3.63, 3.8) is 0 Å². The number of hydrogen-bond donors (Lipinski definition) is 2. The molecule has 10 radical (unpaired) electrons. The molecule has 26 nitrogen and oxygen atoms in total. The Morgan fingerprint density at radius 1 is 0.667 bits per heavy atom. The van der Waals surface area contributed by atoms with Crippen molar-refractivity contribution in [1.29, 1.82) is 0 Å². The maximum atomic E-state index is 12.4. The predicted molar refractivity (Wildman–Crippen MR) is 282 cm³/mol. The largest absolute Gasteiger partial charge is 0.788 e. The topological polar surface area (TPSA) is 322 Å². The van der Waals surface area contributed by atoms with Crippen molar-refractivity contribution >= 4 is 84.2 Å². The van der Waals surface area contributed by atoms with E-state index in [1.54, 1.807) is 46.3 Å². The van der Waals surface area contributed by atoms with Gasteiger partial charge in [-0.2, -0.15) is 0 Å². The molecular formula is C38H78B6N3O23P5-4. The van der Waals surface area contributed by atoms with Crippen LogP contribution in [-0.4, -0.2) is 288 Å². The summed E-state index contributed by atoms with van der Waals surface area (Å²) in [6, 6.07) is -3.00. The van der Waals surface area contributed by atoms with Crippen molar-refractivity contribution in [2.24, 2.45) is 0 Å². The molecule has 0 amide bonds. The molecule has 0 aromatic rings. The number of morpholine rings is 1. The van der Waals surface area contributed by atoms with Crippen molar-refractivity contribution in [3.05, 3.63) is 0 Å². The molecule has 5 aliphatic rings. The lowest BCUT2D eigenvalue weighted by Gasteiger charge is -2.41. The summed E-state index contributed by atoms with van der Waals surface area (Å²) in [6.45, 7) is 8.87. The maximum Gasteiger partial charge on any atom is 0.213 e. The first-order valence-electron chi connectivity index (χ1n) is 23.1. The van der Waals surface area contributed by atoms with E-state index in [-0.39, 0.29) is 64.4 Å². The zero-order chi connectivity index (χ0) is 57.7. The fourth-order valence-corrected chi connectivity index (χ4v) is 11.6. The van der Waals surface area contributed by atoms with E-state index >= 15 is 0 Å². The molecule has 0 aliphatic carbocycles. The van der Waals surface area contributed by atoms with Gasteiger partial charge in [-0.25, -0.2) is 9.34 Å². The SMILES string of the molecule is [B]C1CN(P(C)(=O)N(C)C)CC(OC)O1.[B][C@@H]1OCC(OC)[C@@H]1OP(C)(=O)[O-].[B][C@@H]1O[C@H](COC)C(OP(C)(=O)[O-])[C@@H]1OCCCO.[B][C@H]1CC(NP(C)(=O)[O-])[C@@H](COC)O1.[B][C@H]1CC(OP([BH3-])(C)=O)[C@@H](COC)O1. The first-order valence-corrected chi connectivity index (χ1v) is 32.8. The molecule has 0 bridgehead atoms. The van der Waals surface area contributed by atoms with Crippen LogP contribution in [0.15, 0.2) is 0 Å². The summed E-state index contributed by atoms with van der Waals surface area (Å²) in [5, 5.41) is 11.2. The van der Waals surface area contributed by atoms with Crippen LogP contribution in [0.1, 0.15) is 19.3 Å². The molecule has 0 spiro atoms. The maximum absolute atomic E-state index is 12.4. The lowest BCUT2D eigenvalue weighted by Crippen LogP contribution is -2.48. The Hall–Kier alpha value is 0.700. The van der Waals surface area contributed by atoms with E-state index in [1.807, 2.05) is 4.67 Å². The molecule has 37 heteroatoms. The van der Waals surface area contributed by atoms with Gasteiger partial charge in [-0.05, 0) is 46.7 Å². The third-order valence-electron chi connectivity index (χ3n) is 10.8. The third-order valence-corrected chi connectivity index (χ3v) is 16.3.